The van der Waals surface area contributed by atoms with Gasteiger partial charge in [-0.1, -0.05) is 12.1 Å². The van der Waals surface area contributed by atoms with Gasteiger partial charge in [-0.05, 0) is 48.9 Å². The number of anilines is 1. The minimum absolute atomic E-state index is 0.0636. The number of methoxy groups -OCH3 is 2. The van der Waals surface area contributed by atoms with Gasteiger partial charge in [-0.3, -0.25) is 9.10 Å². The number of hydrogen-bond acceptors (Lipinski definition) is 5. The Labute approximate surface area is 141 Å². The van der Waals surface area contributed by atoms with Crippen LogP contribution in [0.15, 0.2) is 53.4 Å². The summed E-state index contributed by atoms with van der Waals surface area (Å²) in [5.74, 6) is -0.0994. The van der Waals surface area contributed by atoms with E-state index >= 15 is 0 Å². The summed E-state index contributed by atoms with van der Waals surface area (Å²) in [7, 11) is -1.21. The molecule has 0 fully saturated rings. The largest absolute Gasteiger partial charge is 0.497 e. The zero-order valence-corrected chi connectivity index (χ0v) is 14.5. The zero-order chi connectivity index (χ0) is 17.7. The summed E-state index contributed by atoms with van der Waals surface area (Å²) in [6.45, 7) is 1.44. The lowest BCUT2D eigenvalue weighted by Crippen LogP contribution is -2.36. The molecule has 0 heterocycles. The molecule has 0 aliphatic carbocycles. The smallest absolute Gasteiger partial charge is 0.326 e. The minimum Gasteiger partial charge on any atom is -0.497 e. The predicted molar refractivity (Wildman–Crippen MR) is 90.7 cm³/mol. The Balaban J connectivity index is 2.49. The van der Waals surface area contributed by atoms with E-state index in [1.54, 1.807) is 30.3 Å². The Morgan fingerprint density at radius 2 is 1.75 bits per heavy atom. The molecule has 128 valence electrons. The Morgan fingerprint density at radius 1 is 1.08 bits per heavy atom. The number of sulfonamides is 1. The van der Waals surface area contributed by atoms with Gasteiger partial charge in [0, 0.05) is 0 Å². The average Bonchev–Trinajstić information content (AvgIpc) is 2.59. The SMILES string of the molecule is COC(=O)CN(c1cccc(C)c1)S(=O)(=O)c1ccc(OC)cc1. The van der Waals surface area contributed by atoms with E-state index in [0.29, 0.717) is 11.4 Å². The van der Waals surface area contributed by atoms with E-state index in [-0.39, 0.29) is 4.90 Å². The first-order valence-corrected chi connectivity index (χ1v) is 8.63. The van der Waals surface area contributed by atoms with Gasteiger partial charge in [-0.15, -0.1) is 0 Å². The van der Waals surface area contributed by atoms with Crippen molar-refractivity contribution in [3.05, 3.63) is 54.1 Å². The fraction of sp³-hybridized carbons (Fsp3) is 0.235. The maximum atomic E-state index is 13.0. The van der Waals surface area contributed by atoms with E-state index in [9.17, 15) is 13.2 Å². The summed E-state index contributed by atoms with van der Waals surface area (Å²) >= 11 is 0. The number of carbonyl (C=O) groups is 1. The Kier molecular flexibility index (Phi) is 5.46. The molecule has 0 saturated heterocycles. The molecule has 2 rings (SSSR count). The fourth-order valence-electron chi connectivity index (χ4n) is 2.15. The number of rotatable bonds is 6. The maximum Gasteiger partial charge on any atom is 0.326 e. The third kappa shape index (κ3) is 3.86. The van der Waals surface area contributed by atoms with Crippen LogP contribution in [-0.2, 0) is 19.6 Å². The van der Waals surface area contributed by atoms with Crippen molar-refractivity contribution in [2.24, 2.45) is 0 Å². The van der Waals surface area contributed by atoms with Crippen LogP contribution in [0.5, 0.6) is 5.75 Å². The molecule has 7 heteroatoms. The first-order chi connectivity index (χ1) is 11.4. The molecule has 0 amide bonds. The van der Waals surface area contributed by atoms with Gasteiger partial charge >= 0.3 is 5.97 Å². The quantitative estimate of drug-likeness (QED) is 0.749. The molecular weight excluding hydrogens is 330 g/mol. The normalized spacial score (nSPS) is 11.0. The summed E-state index contributed by atoms with van der Waals surface area (Å²) in [6, 6.07) is 12.9. The summed E-state index contributed by atoms with van der Waals surface area (Å²) in [6.07, 6.45) is 0. The van der Waals surface area contributed by atoms with Gasteiger partial charge in [0.05, 0.1) is 24.8 Å². The molecule has 6 nitrogen and oxygen atoms in total. The first-order valence-electron chi connectivity index (χ1n) is 7.19. The van der Waals surface area contributed by atoms with E-state index in [0.717, 1.165) is 9.87 Å². The minimum atomic E-state index is -3.92. The molecule has 2 aromatic rings. The highest BCUT2D eigenvalue weighted by molar-refractivity contribution is 7.92. The van der Waals surface area contributed by atoms with Crippen molar-refractivity contribution in [2.45, 2.75) is 11.8 Å². The lowest BCUT2D eigenvalue weighted by Gasteiger charge is -2.23. The van der Waals surface area contributed by atoms with E-state index < -0.39 is 22.5 Å². The molecule has 0 atom stereocenters. The Hall–Kier alpha value is -2.54. The molecule has 0 aliphatic heterocycles. The predicted octanol–water partition coefficient (Wildman–Crippen LogP) is 2.37. The second-order valence-corrected chi connectivity index (χ2v) is 6.96. The fourth-order valence-corrected chi connectivity index (χ4v) is 3.56. The summed E-state index contributed by atoms with van der Waals surface area (Å²) < 4.78 is 36.7. The Bertz CT molecular complexity index is 815. The number of hydrogen-bond donors (Lipinski definition) is 0. The molecule has 0 aromatic heterocycles. The summed E-state index contributed by atoms with van der Waals surface area (Å²) in [4.78, 5) is 11.8. The zero-order valence-electron chi connectivity index (χ0n) is 13.7. The van der Waals surface area contributed by atoms with Gasteiger partial charge < -0.3 is 9.47 Å². The van der Waals surface area contributed by atoms with E-state index in [1.165, 1.54) is 26.4 Å². The third-order valence-electron chi connectivity index (χ3n) is 3.44. The second kappa shape index (κ2) is 7.35. The van der Waals surface area contributed by atoms with E-state index in [4.69, 9.17) is 4.74 Å². The van der Waals surface area contributed by atoms with Crippen molar-refractivity contribution in [1.29, 1.82) is 0 Å². The highest BCUT2D eigenvalue weighted by Gasteiger charge is 2.27. The van der Waals surface area contributed by atoms with Gasteiger partial charge in [0.15, 0.2) is 0 Å². The van der Waals surface area contributed by atoms with Crippen LogP contribution in [0.3, 0.4) is 0 Å². The van der Waals surface area contributed by atoms with Crippen molar-refractivity contribution in [3.8, 4) is 5.75 Å². The van der Waals surface area contributed by atoms with Crippen LogP contribution >= 0.6 is 0 Å². The van der Waals surface area contributed by atoms with Crippen LogP contribution in [0.2, 0.25) is 0 Å². The monoisotopic (exact) mass is 349 g/mol. The highest BCUT2D eigenvalue weighted by atomic mass is 32.2. The van der Waals surface area contributed by atoms with Crippen LogP contribution in [0.1, 0.15) is 5.56 Å². The molecular formula is C17H19NO5S. The maximum absolute atomic E-state index is 13.0. The lowest BCUT2D eigenvalue weighted by molar-refractivity contribution is -0.138. The van der Waals surface area contributed by atoms with Crippen LogP contribution < -0.4 is 9.04 Å². The topological polar surface area (TPSA) is 72.9 Å². The van der Waals surface area contributed by atoms with Gasteiger partial charge in [0.25, 0.3) is 10.0 Å². The number of ether oxygens (including phenoxy) is 2. The molecule has 0 bridgehead atoms. The molecule has 0 N–H and O–H groups in total. The molecule has 0 aliphatic rings. The van der Waals surface area contributed by atoms with Crippen LogP contribution in [-0.4, -0.2) is 35.2 Å². The molecule has 0 unspecified atom stereocenters. The van der Waals surface area contributed by atoms with Crippen LogP contribution in [0.4, 0.5) is 5.69 Å². The van der Waals surface area contributed by atoms with Crippen molar-refractivity contribution < 1.29 is 22.7 Å². The average molecular weight is 349 g/mol. The first kappa shape index (κ1) is 17.8. The Morgan fingerprint density at radius 3 is 2.29 bits per heavy atom. The van der Waals surface area contributed by atoms with Crippen molar-refractivity contribution in [3.63, 3.8) is 0 Å². The van der Waals surface area contributed by atoms with Crippen molar-refractivity contribution in [1.82, 2.24) is 0 Å². The summed E-state index contributed by atoms with van der Waals surface area (Å²) in [5, 5.41) is 0. The summed E-state index contributed by atoms with van der Waals surface area (Å²) in [5.41, 5.74) is 1.28. The number of benzene rings is 2. The third-order valence-corrected chi connectivity index (χ3v) is 5.23. The molecule has 0 saturated carbocycles. The van der Waals surface area contributed by atoms with Gasteiger partial charge in [0.2, 0.25) is 0 Å². The molecule has 24 heavy (non-hydrogen) atoms. The van der Waals surface area contributed by atoms with E-state index in [2.05, 4.69) is 4.74 Å². The van der Waals surface area contributed by atoms with Gasteiger partial charge in [0.1, 0.15) is 12.3 Å². The standard InChI is InChI=1S/C17H19NO5S/c1-13-5-4-6-14(11-13)18(12-17(19)23-3)24(20,21)16-9-7-15(22-2)8-10-16/h4-11H,12H2,1-3H3. The number of esters is 1. The number of nitrogens with zero attached hydrogens (tertiary/aromatic N) is 1. The van der Waals surface area contributed by atoms with Gasteiger partial charge in [-0.2, -0.15) is 0 Å². The van der Waals surface area contributed by atoms with Crippen LogP contribution in [0.25, 0.3) is 0 Å². The van der Waals surface area contributed by atoms with Crippen LogP contribution in [0, 0.1) is 6.92 Å². The number of aryl methyl sites for hydroxylation is 1. The van der Waals surface area contributed by atoms with Crippen molar-refractivity contribution in [2.75, 3.05) is 25.1 Å². The lowest BCUT2D eigenvalue weighted by atomic mass is 10.2. The van der Waals surface area contributed by atoms with Crippen molar-refractivity contribution >= 4 is 21.7 Å². The van der Waals surface area contributed by atoms with Gasteiger partial charge in [-0.25, -0.2) is 8.42 Å². The highest BCUT2D eigenvalue weighted by Crippen LogP contribution is 2.25. The molecule has 0 radical (unpaired) electrons. The molecule has 0 spiro atoms. The second-order valence-electron chi connectivity index (χ2n) is 5.10. The van der Waals surface area contributed by atoms with E-state index in [1.807, 2.05) is 13.0 Å². The number of carbonyl (C=O) groups excluding carboxylic acids is 1. The molecule has 2 aromatic carbocycles.